The summed E-state index contributed by atoms with van der Waals surface area (Å²) < 4.78 is 64.2. The van der Waals surface area contributed by atoms with E-state index in [0.29, 0.717) is 11.5 Å². The lowest BCUT2D eigenvalue weighted by Gasteiger charge is -2.24. The van der Waals surface area contributed by atoms with Crippen LogP contribution in [-0.4, -0.2) is 35.5 Å². The number of rotatable bonds is 6. The molecule has 3 aromatic heterocycles. The van der Waals surface area contributed by atoms with Crippen molar-refractivity contribution in [2.45, 2.75) is 38.3 Å². The molecule has 1 amide bonds. The maximum absolute atomic E-state index is 13.1. The number of nitrogens with zero attached hydrogens (tertiary/aromatic N) is 3. The summed E-state index contributed by atoms with van der Waals surface area (Å²) in [5.74, 6) is -0.266. The van der Waals surface area contributed by atoms with Gasteiger partial charge in [0, 0.05) is 23.9 Å². The standard InChI is InChI=1S/C27H24F3N5O3S2/c1-15-10-21(33-24(11-15)34-23-13-18(8-9-31-23)27(28,29)30)22-14-32-26(39-22)20-5-3-4-16-12-17(6-7-19(16)20)25(36)35-40(2,37)38/h6-14,20H,3-5H2,1-2H3,(H,35,36)(H,31,33,34). The first-order valence-electron chi connectivity index (χ1n) is 12.3. The minimum Gasteiger partial charge on any atom is -0.325 e. The van der Waals surface area contributed by atoms with E-state index in [1.165, 1.54) is 11.3 Å². The van der Waals surface area contributed by atoms with E-state index in [4.69, 9.17) is 0 Å². The molecule has 0 saturated carbocycles. The van der Waals surface area contributed by atoms with E-state index < -0.39 is 27.7 Å². The number of hydrogen-bond donors (Lipinski definition) is 2. The molecule has 13 heteroatoms. The Bertz CT molecular complexity index is 1700. The number of amides is 1. The third kappa shape index (κ3) is 6.31. The van der Waals surface area contributed by atoms with Crippen molar-refractivity contribution in [1.82, 2.24) is 19.7 Å². The Morgan fingerprint density at radius 2 is 1.88 bits per heavy atom. The van der Waals surface area contributed by atoms with Gasteiger partial charge in [0.1, 0.15) is 16.6 Å². The molecule has 0 fully saturated rings. The van der Waals surface area contributed by atoms with Crippen LogP contribution in [0.25, 0.3) is 10.6 Å². The number of aryl methyl sites for hydroxylation is 2. The van der Waals surface area contributed by atoms with E-state index in [-0.39, 0.29) is 17.3 Å². The molecule has 8 nitrogen and oxygen atoms in total. The molecule has 5 rings (SSSR count). The van der Waals surface area contributed by atoms with Gasteiger partial charge >= 0.3 is 6.18 Å². The van der Waals surface area contributed by atoms with Crippen LogP contribution in [0.4, 0.5) is 24.8 Å². The summed E-state index contributed by atoms with van der Waals surface area (Å²) in [6, 6.07) is 10.7. The fourth-order valence-electron chi connectivity index (χ4n) is 4.67. The predicted molar refractivity (Wildman–Crippen MR) is 146 cm³/mol. The lowest BCUT2D eigenvalue weighted by atomic mass is 9.82. The molecule has 4 aromatic rings. The Balaban J connectivity index is 1.39. The average Bonchev–Trinajstić information content (AvgIpc) is 3.37. The maximum Gasteiger partial charge on any atom is 0.416 e. The van der Waals surface area contributed by atoms with Crippen molar-refractivity contribution in [2.24, 2.45) is 0 Å². The van der Waals surface area contributed by atoms with Crippen LogP contribution >= 0.6 is 11.3 Å². The van der Waals surface area contributed by atoms with E-state index in [2.05, 4.69) is 20.3 Å². The van der Waals surface area contributed by atoms with Gasteiger partial charge in [-0.1, -0.05) is 6.07 Å². The third-order valence-corrected chi connectivity index (χ3v) is 8.07. The molecule has 40 heavy (non-hydrogen) atoms. The molecular formula is C27H24F3N5O3S2. The van der Waals surface area contributed by atoms with Crippen molar-refractivity contribution in [3.05, 3.63) is 87.7 Å². The fraction of sp³-hybridized carbons (Fsp3) is 0.259. The van der Waals surface area contributed by atoms with Crippen molar-refractivity contribution in [1.29, 1.82) is 0 Å². The number of hydrogen-bond acceptors (Lipinski definition) is 8. The van der Waals surface area contributed by atoms with Gasteiger partial charge in [0.05, 0.1) is 22.4 Å². The molecule has 0 spiro atoms. The van der Waals surface area contributed by atoms with Crippen molar-refractivity contribution in [2.75, 3.05) is 11.6 Å². The number of thiazole rings is 1. The summed E-state index contributed by atoms with van der Waals surface area (Å²) in [6.45, 7) is 1.87. The molecule has 0 aliphatic heterocycles. The van der Waals surface area contributed by atoms with Crippen molar-refractivity contribution < 1.29 is 26.4 Å². The van der Waals surface area contributed by atoms with Crippen LogP contribution in [0.2, 0.25) is 0 Å². The first-order chi connectivity index (χ1) is 18.9. The van der Waals surface area contributed by atoms with E-state index in [9.17, 15) is 26.4 Å². The summed E-state index contributed by atoms with van der Waals surface area (Å²) in [4.78, 5) is 26.4. The average molecular weight is 588 g/mol. The minimum absolute atomic E-state index is 0.00577. The predicted octanol–water partition coefficient (Wildman–Crippen LogP) is 5.83. The second-order valence-electron chi connectivity index (χ2n) is 9.59. The highest BCUT2D eigenvalue weighted by molar-refractivity contribution is 7.89. The van der Waals surface area contributed by atoms with Gasteiger partial charge in [0.15, 0.2) is 0 Å². The maximum atomic E-state index is 13.1. The summed E-state index contributed by atoms with van der Waals surface area (Å²) in [6.07, 6.45) is 1.79. The molecule has 1 aliphatic rings. The van der Waals surface area contributed by atoms with Gasteiger partial charge in [0.2, 0.25) is 10.0 Å². The second kappa shape index (κ2) is 10.6. The smallest absolute Gasteiger partial charge is 0.325 e. The number of carbonyl (C=O) groups excluding carboxylic acids is 1. The summed E-state index contributed by atoms with van der Waals surface area (Å²) in [5.41, 5.74) is 2.98. The Hall–Kier alpha value is -3.84. The van der Waals surface area contributed by atoms with Gasteiger partial charge in [-0.25, -0.2) is 28.1 Å². The zero-order chi connectivity index (χ0) is 28.7. The molecule has 0 saturated heterocycles. The van der Waals surface area contributed by atoms with Crippen LogP contribution in [0, 0.1) is 6.92 Å². The first kappa shape index (κ1) is 27.7. The first-order valence-corrected chi connectivity index (χ1v) is 15.0. The number of aromatic nitrogens is 3. The van der Waals surface area contributed by atoms with Gasteiger partial charge in [-0.2, -0.15) is 13.2 Å². The van der Waals surface area contributed by atoms with Crippen LogP contribution in [0.3, 0.4) is 0 Å². The molecule has 2 N–H and O–H groups in total. The topological polar surface area (TPSA) is 114 Å². The van der Waals surface area contributed by atoms with E-state index in [1.54, 1.807) is 24.4 Å². The second-order valence-corrected chi connectivity index (χ2v) is 12.4. The molecule has 0 radical (unpaired) electrons. The Morgan fingerprint density at radius 3 is 2.62 bits per heavy atom. The quantitative estimate of drug-likeness (QED) is 0.292. The monoisotopic (exact) mass is 587 g/mol. The normalized spacial score (nSPS) is 15.4. The van der Waals surface area contributed by atoms with E-state index in [0.717, 1.165) is 70.4 Å². The highest BCUT2D eigenvalue weighted by Crippen LogP contribution is 2.40. The molecule has 1 aliphatic carbocycles. The number of sulfonamides is 1. The fourth-order valence-corrected chi connectivity index (χ4v) is 6.16. The molecule has 208 valence electrons. The number of nitrogens with one attached hydrogen (secondary N) is 2. The molecule has 3 heterocycles. The lowest BCUT2D eigenvalue weighted by Crippen LogP contribution is -2.29. The number of carbonyl (C=O) groups is 1. The number of pyridine rings is 2. The van der Waals surface area contributed by atoms with Gasteiger partial charge < -0.3 is 5.32 Å². The molecule has 1 aromatic carbocycles. The zero-order valence-corrected chi connectivity index (χ0v) is 23.0. The van der Waals surface area contributed by atoms with Crippen LogP contribution in [0.15, 0.2) is 54.9 Å². The molecule has 1 unspecified atom stereocenters. The van der Waals surface area contributed by atoms with E-state index in [1.807, 2.05) is 23.8 Å². The van der Waals surface area contributed by atoms with Crippen LogP contribution in [-0.2, 0) is 22.6 Å². The summed E-state index contributed by atoms with van der Waals surface area (Å²) >= 11 is 1.48. The van der Waals surface area contributed by atoms with Gasteiger partial charge in [0.25, 0.3) is 5.91 Å². The highest BCUT2D eigenvalue weighted by atomic mass is 32.2. The van der Waals surface area contributed by atoms with Gasteiger partial charge in [-0.05, 0) is 79.3 Å². The molecular weight excluding hydrogens is 563 g/mol. The lowest BCUT2D eigenvalue weighted by molar-refractivity contribution is -0.137. The Labute approximate surface area is 232 Å². The highest BCUT2D eigenvalue weighted by Gasteiger charge is 2.31. The molecule has 0 bridgehead atoms. The minimum atomic E-state index is -4.48. The van der Waals surface area contributed by atoms with E-state index >= 15 is 0 Å². The summed E-state index contributed by atoms with van der Waals surface area (Å²) in [5, 5.41) is 3.75. The summed E-state index contributed by atoms with van der Waals surface area (Å²) in [7, 11) is -3.67. The van der Waals surface area contributed by atoms with Crippen molar-refractivity contribution in [3.8, 4) is 10.6 Å². The van der Waals surface area contributed by atoms with Gasteiger partial charge in [-0.3, -0.25) is 4.79 Å². The zero-order valence-electron chi connectivity index (χ0n) is 21.4. The van der Waals surface area contributed by atoms with Crippen molar-refractivity contribution >= 4 is 38.9 Å². The van der Waals surface area contributed by atoms with Crippen LogP contribution < -0.4 is 10.0 Å². The third-order valence-electron chi connectivity index (χ3n) is 6.38. The number of fused-ring (bicyclic) bond motifs is 1. The number of benzene rings is 1. The Kier molecular flexibility index (Phi) is 7.36. The largest absolute Gasteiger partial charge is 0.416 e. The SMILES string of the molecule is Cc1cc(Nc2cc(C(F)(F)F)ccn2)nc(-c2cnc(C3CCCc4cc(C(=O)NS(C)(=O)=O)ccc43)s2)c1. The number of anilines is 2. The van der Waals surface area contributed by atoms with Crippen molar-refractivity contribution in [3.63, 3.8) is 0 Å². The Morgan fingerprint density at radius 1 is 1.07 bits per heavy atom. The molecule has 1 atom stereocenters. The van der Waals surface area contributed by atoms with Gasteiger partial charge in [-0.15, -0.1) is 11.3 Å². The van der Waals surface area contributed by atoms with Crippen LogP contribution in [0.1, 0.15) is 56.4 Å². The van der Waals surface area contributed by atoms with Crippen LogP contribution in [0.5, 0.6) is 0 Å². The number of halogens is 3. The number of alkyl halides is 3.